The molecule has 0 spiro atoms. The standard InChI is InChI=1S/C31H30ClF4N3O2/c1-19-6-4-8-25(33)27(19)30(41)39-17-5-7-23(28(39)20-9-12-22(13-10-20)38-15-2-3-16-38)29(40)37-26-18-21(31(34,35)36)11-14-24(26)32/h4,6,8-14,18,23,28H,2-3,5,7,15-17H2,1H3,(H,37,40). The van der Waals surface area contributed by atoms with Gasteiger partial charge in [0.1, 0.15) is 5.82 Å². The van der Waals surface area contributed by atoms with E-state index in [9.17, 15) is 27.2 Å². The fourth-order valence-corrected chi connectivity index (χ4v) is 6.00. The number of nitrogens with zero attached hydrogens (tertiary/aromatic N) is 2. The van der Waals surface area contributed by atoms with Gasteiger partial charge in [0, 0.05) is 25.3 Å². The molecule has 2 heterocycles. The molecule has 2 amide bonds. The third kappa shape index (κ3) is 6.05. The molecule has 2 atom stereocenters. The highest BCUT2D eigenvalue weighted by Gasteiger charge is 2.41. The van der Waals surface area contributed by atoms with Crippen LogP contribution in [0.2, 0.25) is 5.02 Å². The van der Waals surface area contributed by atoms with Gasteiger partial charge in [-0.2, -0.15) is 13.2 Å². The van der Waals surface area contributed by atoms with Crippen molar-refractivity contribution in [2.45, 2.75) is 44.8 Å². The molecule has 10 heteroatoms. The molecule has 0 aromatic heterocycles. The molecule has 2 aliphatic heterocycles. The van der Waals surface area contributed by atoms with Gasteiger partial charge >= 0.3 is 6.18 Å². The lowest BCUT2D eigenvalue weighted by Crippen LogP contribution is -2.46. The van der Waals surface area contributed by atoms with E-state index >= 15 is 0 Å². The minimum atomic E-state index is -4.62. The summed E-state index contributed by atoms with van der Waals surface area (Å²) in [5.74, 6) is -2.57. The molecule has 2 aliphatic rings. The van der Waals surface area contributed by atoms with Crippen LogP contribution in [0.4, 0.5) is 28.9 Å². The number of carbonyl (C=O) groups is 2. The van der Waals surface area contributed by atoms with Crippen LogP contribution in [-0.2, 0) is 11.0 Å². The number of alkyl halides is 3. The molecule has 2 saturated heterocycles. The van der Waals surface area contributed by atoms with Crippen LogP contribution < -0.4 is 10.2 Å². The fourth-order valence-electron chi connectivity index (χ4n) is 5.84. The number of halogens is 5. The Labute approximate surface area is 241 Å². The monoisotopic (exact) mass is 587 g/mol. The number of amides is 2. The zero-order chi connectivity index (χ0) is 29.3. The van der Waals surface area contributed by atoms with Crippen molar-refractivity contribution in [1.29, 1.82) is 0 Å². The molecule has 0 bridgehead atoms. The number of aryl methyl sites for hydroxylation is 1. The molecule has 0 radical (unpaired) electrons. The Morgan fingerprint density at radius 1 is 0.951 bits per heavy atom. The van der Waals surface area contributed by atoms with Crippen molar-refractivity contribution in [2.75, 3.05) is 29.9 Å². The van der Waals surface area contributed by atoms with E-state index in [1.165, 1.54) is 17.0 Å². The molecule has 0 aliphatic carbocycles. The Bertz CT molecular complexity index is 1420. The lowest BCUT2D eigenvalue weighted by atomic mass is 9.83. The van der Waals surface area contributed by atoms with E-state index in [0.29, 0.717) is 30.5 Å². The summed E-state index contributed by atoms with van der Waals surface area (Å²) in [6.45, 7) is 3.84. The second-order valence-electron chi connectivity index (χ2n) is 10.6. The summed E-state index contributed by atoms with van der Waals surface area (Å²) in [4.78, 5) is 31.3. The maximum atomic E-state index is 14.9. The lowest BCUT2D eigenvalue weighted by Gasteiger charge is -2.41. The summed E-state index contributed by atoms with van der Waals surface area (Å²) in [5.41, 5.74) is 1.02. The lowest BCUT2D eigenvalue weighted by molar-refractivity contribution is -0.137. The van der Waals surface area contributed by atoms with Gasteiger partial charge in [0.2, 0.25) is 5.91 Å². The largest absolute Gasteiger partial charge is 0.416 e. The first-order valence-corrected chi connectivity index (χ1v) is 14.0. The van der Waals surface area contributed by atoms with Gasteiger partial charge in [-0.05, 0) is 80.1 Å². The molecule has 2 unspecified atom stereocenters. The number of anilines is 2. The van der Waals surface area contributed by atoms with Crippen LogP contribution in [0.25, 0.3) is 0 Å². The maximum absolute atomic E-state index is 14.9. The average Bonchev–Trinajstić information content (AvgIpc) is 3.48. The van der Waals surface area contributed by atoms with E-state index in [4.69, 9.17) is 11.6 Å². The van der Waals surface area contributed by atoms with E-state index in [-0.39, 0.29) is 16.3 Å². The van der Waals surface area contributed by atoms with Crippen LogP contribution in [0.5, 0.6) is 0 Å². The number of benzene rings is 3. The minimum absolute atomic E-state index is 0.0383. The Balaban J connectivity index is 1.51. The van der Waals surface area contributed by atoms with Crippen LogP contribution in [0.1, 0.15) is 58.8 Å². The second-order valence-corrected chi connectivity index (χ2v) is 11.0. The Hall–Kier alpha value is -3.59. The van der Waals surface area contributed by atoms with Gasteiger partial charge in [-0.3, -0.25) is 9.59 Å². The molecule has 41 heavy (non-hydrogen) atoms. The minimum Gasteiger partial charge on any atom is -0.372 e. The van der Waals surface area contributed by atoms with Crippen LogP contribution >= 0.6 is 11.6 Å². The van der Waals surface area contributed by atoms with Crippen molar-refractivity contribution in [3.05, 3.63) is 93.8 Å². The summed E-state index contributed by atoms with van der Waals surface area (Å²) in [6, 6.07) is 14.0. The fraction of sp³-hybridized carbons (Fsp3) is 0.355. The zero-order valence-electron chi connectivity index (χ0n) is 22.5. The van der Waals surface area contributed by atoms with Gasteiger partial charge in [-0.1, -0.05) is 35.9 Å². The molecular formula is C31H30ClF4N3O2. The summed E-state index contributed by atoms with van der Waals surface area (Å²) in [6.07, 6.45) is -1.57. The molecule has 3 aromatic rings. The van der Waals surface area contributed by atoms with Crippen molar-refractivity contribution >= 4 is 34.8 Å². The number of likely N-dealkylation sites (tertiary alicyclic amines) is 1. The first kappa shape index (κ1) is 28.9. The number of carbonyl (C=O) groups excluding carboxylic acids is 2. The average molecular weight is 588 g/mol. The maximum Gasteiger partial charge on any atom is 0.416 e. The number of hydrogen-bond acceptors (Lipinski definition) is 3. The highest BCUT2D eigenvalue weighted by Crippen LogP contribution is 2.40. The number of nitrogens with one attached hydrogen (secondary N) is 1. The van der Waals surface area contributed by atoms with Crippen LogP contribution in [-0.4, -0.2) is 36.3 Å². The van der Waals surface area contributed by atoms with E-state index < -0.39 is 41.3 Å². The van der Waals surface area contributed by atoms with Gasteiger partial charge in [-0.15, -0.1) is 0 Å². The first-order chi connectivity index (χ1) is 19.5. The molecule has 3 aromatic carbocycles. The predicted molar refractivity (Wildman–Crippen MR) is 151 cm³/mol. The number of hydrogen-bond donors (Lipinski definition) is 1. The molecule has 1 N–H and O–H groups in total. The van der Waals surface area contributed by atoms with Crippen molar-refractivity contribution in [3.63, 3.8) is 0 Å². The van der Waals surface area contributed by atoms with E-state index in [0.717, 1.165) is 49.8 Å². The van der Waals surface area contributed by atoms with Crippen molar-refractivity contribution < 1.29 is 27.2 Å². The van der Waals surface area contributed by atoms with Crippen LogP contribution in [0.3, 0.4) is 0 Å². The second kappa shape index (κ2) is 11.7. The van der Waals surface area contributed by atoms with Gasteiger partial charge in [0.05, 0.1) is 33.8 Å². The summed E-state index contributed by atoms with van der Waals surface area (Å²) < 4.78 is 55.0. The topological polar surface area (TPSA) is 52.7 Å². The Morgan fingerprint density at radius 3 is 2.32 bits per heavy atom. The van der Waals surface area contributed by atoms with Crippen molar-refractivity contribution in [2.24, 2.45) is 5.92 Å². The first-order valence-electron chi connectivity index (χ1n) is 13.6. The Kier molecular flexibility index (Phi) is 8.27. The van der Waals surface area contributed by atoms with Crippen molar-refractivity contribution in [1.82, 2.24) is 4.90 Å². The SMILES string of the molecule is Cc1cccc(F)c1C(=O)N1CCCC(C(=O)Nc2cc(C(F)(F)F)ccc2Cl)C1c1ccc(N2CCCC2)cc1. The van der Waals surface area contributed by atoms with Gasteiger partial charge < -0.3 is 15.1 Å². The summed E-state index contributed by atoms with van der Waals surface area (Å²) >= 11 is 6.16. The molecule has 216 valence electrons. The van der Waals surface area contributed by atoms with E-state index in [1.807, 2.05) is 24.3 Å². The molecule has 5 rings (SSSR count). The van der Waals surface area contributed by atoms with Crippen LogP contribution in [0.15, 0.2) is 60.7 Å². The number of piperidine rings is 1. The van der Waals surface area contributed by atoms with Gasteiger partial charge in [-0.25, -0.2) is 4.39 Å². The normalized spacial score (nSPS) is 19.4. The molecular weight excluding hydrogens is 558 g/mol. The molecule has 2 fully saturated rings. The molecule has 5 nitrogen and oxygen atoms in total. The predicted octanol–water partition coefficient (Wildman–Crippen LogP) is 7.64. The third-order valence-corrected chi connectivity index (χ3v) is 8.25. The Morgan fingerprint density at radius 2 is 1.66 bits per heavy atom. The molecule has 0 saturated carbocycles. The van der Waals surface area contributed by atoms with Gasteiger partial charge in [0.15, 0.2) is 0 Å². The number of rotatable bonds is 5. The van der Waals surface area contributed by atoms with Crippen LogP contribution in [0, 0.1) is 18.7 Å². The summed E-state index contributed by atoms with van der Waals surface area (Å²) in [7, 11) is 0. The van der Waals surface area contributed by atoms with E-state index in [1.54, 1.807) is 13.0 Å². The smallest absolute Gasteiger partial charge is 0.372 e. The van der Waals surface area contributed by atoms with Crippen molar-refractivity contribution in [3.8, 4) is 0 Å². The van der Waals surface area contributed by atoms with Gasteiger partial charge in [0.25, 0.3) is 5.91 Å². The quantitative estimate of drug-likeness (QED) is 0.312. The third-order valence-electron chi connectivity index (χ3n) is 7.92. The highest BCUT2D eigenvalue weighted by molar-refractivity contribution is 6.33. The zero-order valence-corrected chi connectivity index (χ0v) is 23.2. The summed E-state index contributed by atoms with van der Waals surface area (Å²) in [5, 5.41) is 2.54. The highest BCUT2D eigenvalue weighted by atomic mass is 35.5. The van der Waals surface area contributed by atoms with E-state index in [2.05, 4.69) is 10.2 Å².